The topological polar surface area (TPSA) is 43.8 Å². The molecule has 0 spiro atoms. The molecule has 1 aliphatic heterocycles. The number of amides is 1. The van der Waals surface area contributed by atoms with Crippen molar-refractivity contribution in [3.63, 3.8) is 0 Å². The van der Waals surface area contributed by atoms with E-state index in [1.165, 1.54) is 0 Å². The van der Waals surface area contributed by atoms with E-state index in [4.69, 9.17) is 0 Å². The van der Waals surface area contributed by atoms with Gasteiger partial charge in [0.25, 0.3) is 0 Å². The van der Waals surface area contributed by atoms with E-state index in [-0.39, 0.29) is 17.9 Å². The van der Waals surface area contributed by atoms with Crippen LogP contribution in [-0.2, 0) is 4.79 Å². The number of aliphatic hydroxyl groups is 1. The highest BCUT2D eigenvalue weighted by Gasteiger charge is 2.26. The normalized spacial score (nSPS) is 23.8. The van der Waals surface area contributed by atoms with Crippen LogP contribution in [0, 0.1) is 5.92 Å². The predicted octanol–water partition coefficient (Wildman–Crippen LogP) is 2.12. The second kappa shape index (κ2) is 9.35. The molecule has 2 atom stereocenters. The molecule has 0 aromatic heterocycles. The van der Waals surface area contributed by atoms with Crippen molar-refractivity contribution in [3.8, 4) is 0 Å². The van der Waals surface area contributed by atoms with E-state index in [2.05, 4.69) is 25.7 Å². The van der Waals surface area contributed by atoms with Crippen LogP contribution >= 0.6 is 0 Å². The zero-order chi connectivity index (χ0) is 15.0. The molecule has 1 heterocycles. The number of piperidine rings is 1. The SMILES string of the molecule is CCCCN(CCCC)C(=O)CN1CCC(O)C(C)C1. The lowest BCUT2D eigenvalue weighted by Crippen LogP contribution is -2.47. The number of hydrogen-bond acceptors (Lipinski definition) is 3. The molecule has 1 saturated heterocycles. The lowest BCUT2D eigenvalue weighted by molar-refractivity contribution is -0.133. The molecule has 20 heavy (non-hydrogen) atoms. The van der Waals surface area contributed by atoms with E-state index < -0.39 is 0 Å². The first-order chi connectivity index (χ1) is 9.58. The summed E-state index contributed by atoms with van der Waals surface area (Å²) in [6.07, 6.45) is 5.02. The van der Waals surface area contributed by atoms with Gasteiger partial charge in [0.15, 0.2) is 0 Å². The van der Waals surface area contributed by atoms with Gasteiger partial charge in [0.2, 0.25) is 5.91 Å². The minimum Gasteiger partial charge on any atom is -0.393 e. The van der Waals surface area contributed by atoms with E-state index >= 15 is 0 Å². The van der Waals surface area contributed by atoms with E-state index in [0.29, 0.717) is 6.54 Å². The average Bonchev–Trinajstić information content (AvgIpc) is 2.43. The molecule has 0 radical (unpaired) electrons. The first kappa shape index (κ1) is 17.4. The number of aliphatic hydroxyl groups excluding tert-OH is 1. The zero-order valence-electron chi connectivity index (χ0n) is 13.5. The number of rotatable bonds is 8. The standard InChI is InChI=1S/C16H32N2O2/c1-4-6-9-18(10-7-5-2)16(20)13-17-11-8-15(19)14(3)12-17/h14-15,19H,4-13H2,1-3H3. The molecule has 2 unspecified atom stereocenters. The summed E-state index contributed by atoms with van der Waals surface area (Å²) in [4.78, 5) is 16.7. The van der Waals surface area contributed by atoms with Crippen molar-refractivity contribution in [1.82, 2.24) is 9.80 Å². The van der Waals surface area contributed by atoms with Crippen LogP contribution in [0.3, 0.4) is 0 Å². The summed E-state index contributed by atoms with van der Waals surface area (Å²) in [5, 5.41) is 9.75. The second-order valence-corrected chi connectivity index (χ2v) is 6.16. The molecule has 0 aliphatic carbocycles. The van der Waals surface area contributed by atoms with Crippen LogP contribution in [0.2, 0.25) is 0 Å². The van der Waals surface area contributed by atoms with Crippen molar-refractivity contribution >= 4 is 5.91 Å². The highest BCUT2D eigenvalue weighted by atomic mass is 16.3. The fourth-order valence-corrected chi connectivity index (χ4v) is 2.71. The van der Waals surface area contributed by atoms with E-state index in [1.807, 2.05) is 4.90 Å². The van der Waals surface area contributed by atoms with E-state index in [0.717, 1.165) is 58.3 Å². The van der Waals surface area contributed by atoms with Gasteiger partial charge in [0.05, 0.1) is 12.6 Å². The number of carbonyl (C=O) groups excluding carboxylic acids is 1. The van der Waals surface area contributed by atoms with Crippen LogP contribution in [0.1, 0.15) is 52.9 Å². The molecule has 0 bridgehead atoms. The Bertz CT molecular complexity index is 276. The number of unbranched alkanes of at least 4 members (excludes halogenated alkanes) is 2. The van der Waals surface area contributed by atoms with Crippen LogP contribution < -0.4 is 0 Å². The maximum absolute atomic E-state index is 12.4. The summed E-state index contributed by atoms with van der Waals surface area (Å²) in [5.41, 5.74) is 0. The van der Waals surface area contributed by atoms with Crippen molar-refractivity contribution in [3.05, 3.63) is 0 Å². The first-order valence-corrected chi connectivity index (χ1v) is 8.26. The summed E-state index contributed by atoms with van der Waals surface area (Å²) in [7, 11) is 0. The Morgan fingerprint density at radius 1 is 1.25 bits per heavy atom. The lowest BCUT2D eigenvalue weighted by Gasteiger charge is -2.35. The van der Waals surface area contributed by atoms with Gasteiger partial charge in [-0.1, -0.05) is 33.6 Å². The van der Waals surface area contributed by atoms with Gasteiger partial charge in [-0.2, -0.15) is 0 Å². The van der Waals surface area contributed by atoms with E-state index in [1.54, 1.807) is 0 Å². The molecule has 0 aromatic carbocycles. The fourth-order valence-electron chi connectivity index (χ4n) is 2.71. The molecule has 4 nitrogen and oxygen atoms in total. The first-order valence-electron chi connectivity index (χ1n) is 8.26. The molecular weight excluding hydrogens is 252 g/mol. The van der Waals surface area contributed by atoms with Crippen molar-refractivity contribution in [2.45, 2.75) is 59.0 Å². The predicted molar refractivity (Wildman–Crippen MR) is 82.6 cm³/mol. The molecule has 4 heteroatoms. The Labute approximate surface area is 124 Å². The third kappa shape index (κ3) is 5.80. The Kier molecular flexibility index (Phi) is 8.15. The highest BCUT2D eigenvalue weighted by molar-refractivity contribution is 5.78. The zero-order valence-corrected chi connectivity index (χ0v) is 13.5. The fraction of sp³-hybridized carbons (Fsp3) is 0.938. The maximum atomic E-state index is 12.4. The van der Waals surface area contributed by atoms with Gasteiger partial charge in [-0.05, 0) is 25.2 Å². The van der Waals surface area contributed by atoms with Gasteiger partial charge in [-0.25, -0.2) is 0 Å². The second-order valence-electron chi connectivity index (χ2n) is 6.16. The summed E-state index contributed by atoms with van der Waals surface area (Å²) in [6.45, 7) is 10.4. The van der Waals surface area contributed by atoms with Crippen LogP contribution in [0.4, 0.5) is 0 Å². The van der Waals surface area contributed by atoms with Gasteiger partial charge in [-0.15, -0.1) is 0 Å². The van der Waals surface area contributed by atoms with E-state index in [9.17, 15) is 9.90 Å². The number of likely N-dealkylation sites (tertiary alicyclic amines) is 1. The smallest absolute Gasteiger partial charge is 0.236 e. The molecule has 1 fully saturated rings. The van der Waals surface area contributed by atoms with Crippen molar-refractivity contribution in [1.29, 1.82) is 0 Å². The van der Waals surface area contributed by atoms with Crippen LogP contribution in [0.25, 0.3) is 0 Å². The third-order valence-electron chi connectivity index (χ3n) is 4.22. The molecule has 0 saturated carbocycles. The Balaban J connectivity index is 2.43. The Morgan fingerprint density at radius 2 is 1.85 bits per heavy atom. The highest BCUT2D eigenvalue weighted by Crippen LogP contribution is 2.16. The van der Waals surface area contributed by atoms with Gasteiger partial charge in [-0.3, -0.25) is 9.69 Å². The summed E-state index contributed by atoms with van der Waals surface area (Å²) in [5.74, 6) is 0.534. The van der Waals surface area contributed by atoms with Crippen molar-refractivity contribution < 1.29 is 9.90 Å². The van der Waals surface area contributed by atoms with Crippen LogP contribution in [0.15, 0.2) is 0 Å². The maximum Gasteiger partial charge on any atom is 0.236 e. The summed E-state index contributed by atoms with van der Waals surface area (Å²) in [6, 6.07) is 0. The Hall–Kier alpha value is -0.610. The molecule has 1 N–H and O–H groups in total. The van der Waals surface area contributed by atoms with Gasteiger partial charge in [0, 0.05) is 26.2 Å². The van der Waals surface area contributed by atoms with Crippen LogP contribution in [-0.4, -0.2) is 59.6 Å². The van der Waals surface area contributed by atoms with Crippen LogP contribution in [0.5, 0.6) is 0 Å². The lowest BCUT2D eigenvalue weighted by atomic mass is 9.97. The molecular formula is C16H32N2O2. The average molecular weight is 284 g/mol. The van der Waals surface area contributed by atoms with Gasteiger partial charge < -0.3 is 10.0 Å². The number of nitrogens with zero attached hydrogens (tertiary/aromatic N) is 2. The molecule has 1 aliphatic rings. The largest absolute Gasteiger partial charge is 0.393 e. The summed E-state index contributed by atoms with van der Waals surface area (Å²) >= 11 is 0. The van der Waals surface area contributed by atoms with Gasteiger partial charge in [0.1, 0.15) is 0 Å². The van der Waals surface area contributed by atoms with Gasteiger partial charge >= 0.3 is 0 Å². The number of hydrogen-bond donors (Lipinski definition) is 1. The minimum atomic E-state index is -0.197. The monoisotopic (exact) mass is 284 g/mol. The summed E-state index contributed by atoms with van der Waals surface area (Å²) < 4.78 is 0. The van der Waals surface area contributed by atoms with Crippen molar-refractivity contribution in [2.75, 3.05) is 32.7 Å². The Morgan fingerprint density at radius 3 is 2.35 bits per heavy atom. The molecule has 118 valence electrons. The van der Waals surface area contributed by atoms with Crippen molar-refractivity contribution in [2.24, 2.45) is 5.92 Å². The quantitative estimate of drug-likeness (QED) is 0.742. The third-order valence-corrected chi connectivity index (χ3v) is 4.22. The molecule has 1 amide bonds. The molecule has 0 aromatic rings. The minimum absolute atomic E-state index is 0.197. The molecule has 1 rings (SSSR count). The number of carbonyl (C=O) groups is 1.